The molecule has 2 aromatic carbocycles. The van der Waals surface area contributed by atoms with Gasteiger partial charge in [-0.25, -0.2) is 0 Å². The number of piperidine rings is 1. The van der Waals surface area contributed by atoms with Crippen molar-refractivity contribution in [2.24, 2.45) is 5.92 Å². The number of anilines is 3. The van der Waals surface area contributed by atoms with Crippen molar-refractivity contribution in [2.45, 2.75) is 19.8 Å². The van der Waals surface area contributed by atoms with Crippen LogP contribution in [0.25, 0.3) is 0 Å². The average Bonchev–Trinajstić information content (AvgIpc) is 2.84. The predicted octanol–water partition coefficient (Wildman–Crippen LogP) is 3.93. The number of rotatable bonds is 6. The van der Waals surface area contributed by atoms with Gasteiger partial charge in [0.2, 0.25) is 0 Å². The van der Waals surface area contributed by atoms with Crippen LogP contribution in [0.5, 0.6) is 5.75 Å². The third-order valence-electron chi connectivity index (χ3n) is 6.36. The van der Waals surface area contributed by atoms with Crippen molar-refractivity contribution in [1.29, 1.82) is 0 Å². The molecule has 9 nitrogen and oxygen atoms in total. The van der Waals surface area contributed by atoms with Crippen molar-refractivity contribution >= 4 is 28.7 Å². The number of methoxy groups -OCH3 is 1. The Morgan fingerprint density at radius 3 is 2.39 bits per heavy atom. The Bertz CT molecular complexity index is 1010. The number of nitro groups is 1. The van der Waals surface area contributed by atoms with Crippen LogP contribution in [0, 0.1) is 16.0 Å². The fourth-order valence-electron chi connectivity index (χ4n) is 4.34. The van der Waals surface area contributed by atoms with Gasteiger partial charge in [-0.15, -0.1) is 0 Å². The molecule has 1 N–H and O–H groups in total. The van der Waals surface area contributed by atoms with E-state index in [2.05, 4.69) is 17.1 Å². The van der Waals surface area contributed by atoms with Gasteiger partial charge >= 0.3 is 0 Å². The van der Waals surface area contributed by atoms with Gasteiger partial charge in [-0.05, 0) is 43.0 Å². The number of nitrogens with zero attached hydrogens (tertiary/aromatic N) is 3. The van der Waals surface area contributed by atoms with Gasteiger partial charge in [-0.2, -0.15) is 0 Å². The number of hydrogen-bond donors (Lipinski definition) is 1. The van der Waals surface area contributed by atoms with Gasteiger partial charge in [-0.1, -0.05) is 6.92 Å². The first kappa shape index (κ1) is 22.8. The number of amides is 1. The number of ether oxygens (including phenoxy) is 2. The third kappa shape index (κ3) is 5.19. The number of benzene rings is 2. The maximum Gasteiger partial charge on any atom is 0.293 e. The van der Waals surface area contributed by atoms with Crippen LogP contribution in [-0.4, -0.2) is 57.3 Å². The van der Waals surface area contributed by atoms with Gasteiger partial charge < -0.3 is 24.6 Å². The predicted molar refractivity (Wildman–Crippen MR) is 128 cm³/mol. The second-order valence-electron chi connectivity index (χ2n) is 8.57. The van der Waals surface area contributed by atoms with Crippen LogP contribution < -0.4 is 19.9 Å². The van der Waals surface area contributed by atoms with E-state index in [1.165, 1.54) is 6.07 Å². The lowest BCUT2D eigenvalue weighted by atomic mass is 9.98. The molecule has 0 unspecified atom stereocenters. The molecule has 0 bridgehead atoms. The van der Waals surface area contributed by atoms with Crippen LogP contribution in [0.4, 0.5) is 22.7 Å². The molecule has 0 aromatic heterocycles. The molecule has 9 heteroatoms. The van der Waals surface area contributed by atoms with Gasteiger partial charge in [0, 0.05) is 43.9 Å². The summed E-state index contributed by atoms with van der Waals surface area (Å²) in [6.07, 6.45) is 2.00. The molecular formula is C24H30N4O5. The van der Waals surface area contributed by atoms with E-state index in [0.717, 1.165) is 31.6 Å². The molecule has 176 valence electrons. The number of hydrogen-bond acceptors (Lipinski definition) is 7. The number of nitro benzene ring substituents is 1. The van der Waals surface area contributed by atoms with E-state index in [0.29, 0.717) is 49.3 Å². The van der Waals surface area contributed by atoms with Gasteiger partial charge in [0.1, 0.15) is 11.4 Å². The Kier molecular flexibility index (Phi) is 6.98. The highest BCUT2D eigenvalue weighted by molar-refractivity contribution is 6.07. The molecule has 2 aliphatic rings. The summed E-state index contributed by atoms with van der Waals surface area (Å²) >= 11 is 0. The zero-order valence-electron chi connectivity index (χ0n) is 19.1. The smallest absolute Gasteiger partial charge is 0.293 e. The van der Waals surface area contributed by atoms with Crippen LogP contribution in [0.1, 0.15) is 30.1 Å². The van der Waals surface area contributed by atoms with Crippen molar-refractivity contribution in [3.05, 3.63) is 52.1 Å². The zero-order valence-corrected chi connectivity index (χ0v) is 19.1. The molecule has 0 radical (unpaired) electrons. The quantitative estimate of drug-likeness (QED) is 0.522. The molecule has 4 rings (SSSR count). The molecular weight excluding hydrogens is 424 g/mol. The lowest BCUT2D eigenvalue weighted by molar-refractivity contribution is -0.384. The number of nitrogens with one attached hydrogen (secondary N) is 1. The first-order valence-corrected chi connectivity index (χ1v) is 11.3. The maximum atomic E-state index is 13.1. The minimum absolute atomic E-state index is 0.0451. The lowest BCUT2D eigenvalue weighted by Gasteiger charge is -2.31. The standard InChI is InChI=1S/C24H30N4O5/c1-17-7-9-26(10-8-17)22-5-3-18(15-23(22)28(30)31)24(29)25-20-16-19(32-2)4-6-21(20)27-11-13-33-14-12-27/h3-6,15-17H,7-14H2,1-2H3,(H,25,29). The Labute approximate surface area is 193 Å². The third-order valence-corrected chi connectivity index (χ3v) is 6.36. The largest absolute Gasteiger partial charge is 0.497 e. The lowest BCUT2D eigenvalue weighted by Crippen LogP contribution is -2.36. The molecule has 2 aliphatic heterocycles. The second-order valence-corrected chi connectivity index (χ2v) is 8.57. The number of morpholine rings is 1. The van der Waals surface area contributed by atoms with Gasteiger partial charge in [0.05, 0.1) is 36.6 Å². The van der Waals surface area contributed by atoms with Crippen molar-refractivity contribution in [1.82, 2.24) is 0 Å². The van der Waals surface area contributed by atoms with Crippen molar-refractivity contribution < 1.29 is 19.2 Å². The van der Waals surface area contributed by atoms with Gasteiger partial charge in [-0.3, -0.25) is 14.9 Å². The topological polar surface area (TPSA) is 97.2 Å². The summed E-state index contributed by atoms with van der Waals surface area (Å²) in [4.78, 5) is 28.7. The highest BCUT2D eigenvalue weighted by Gasteiger charge is 2.25. The number of carbonyl (C=O) groups excluding carboxylic acids is 1. The van der Waals surface area contributed by atoms with E-state index in [1.54, 1.807) is 25.3 Å². The zero-order chi connectivity index (χ0) is 23.4. The van der Waals surface area contributed by atoms with E-state index in [-0.39, 0.29) is 11.3 Å². The average molecular weight is 455 g/mol. The van der Waals surface area contributed by atoms with Crippen molar-refractivity contribution in [3.8, 4) is 5.75 Å². The van der Waals surface area contributed by atoms with Crippen LogP contribution in [0.3, 0.4) is 0 Å². The fraction of sp³-hybridized carbons (Fsp3) is 0.458. The Morgan fingerprint density at radius 1 is 1.06 bits per heavy atom. The Hall–Kier alpha value is -3.33. The van der Waals surface area contributed by atoms with E-state index < -0.39 is 10.8 Å². The molecule has 0 saturated carbocycles. The SMILES string of the molecule is COc1ccc(N2CCOCC2)c(NC(=O)c2ccc(N3CCC(C)CC3)c([N+](=O)[O-])c2)c1. The van der Waals surface area contributed by atoms with E-state index in [4.69, 9.17) is 9.47 Å². The summed E-state index contributed by atoms with van der Waals surface area (Å²) in [6.45, 7) is 6.40. The molecule has 2 fully saturated rings. The van der Waals surface area contributed by atoms with E-state index in [1.807, 2.05) is 17.0 Å². The van der Waals surface area contributed by atoms with Gasteiger partial charge in [0.25, 0.3) is 11.6 Å². The van der Waals surface area contributed by atoms with E-state index in [9.17, 15) is 14.9 Å². The minimum Gasteiger partial charge on any atom is -0.497 e. The molecule has 0 aliphatic carbocycles. The van der Waals surface area contributed by atoms with Crippen LogP contribution >= 0.6 is 0 Å². The molecule has 2 heterocycles. The molecule has 0 spiro atoms. The summed E-state index contributed by atoms with van der Waals surface area (Å²) in [5.41, 5.74) is 2.22. The van der Waals surface area contributed by atoms with Crippen molar-refractivity contribution in [2.75, 3.05) is 61.6 Å². The molecule has 2 saturated heterocycles. The van der Waals surface area contributed by atoms with Crippen molar-refractivity contribution in [3.63, 3.8) is 0 Å². The summed E-state index contributed by atoms with van der Waals surface area (Å²) in [5, 5.41) is 14.8. The molecule has 33 heavy (non-hydrogen) atoms. The highest BCUT2D eigenvalue weighted by atomic mass is 16.6. The summed E-state index contributed by atoms with van der Waals surface area (Å²) < 4.78 is 10.8. The van der Waals surface area contributed by atoms with Crippen LogP contribution in [-0.2, 0) is 4.74 Å². The monoisotopic (exact) mass is 454 g/mol. The Morgan fingerprint density at radius 2 is 1.73 bits per heavy atom. The Balaban J connectivity index is 1.59. The molecule has 1 amide bonds. The first-order chi connectivity index (χ1) is 16.0. The van der Waals surface area contributed by atoms with Crippen LogP contribution in [0.2, 0.25) is 0 Å². The minimum atomic E-state index is -0.408. The fourth-order valence-corrected chi connectivity index (χ4v) is 4.34. The van der Waals surface area contributed by atoms with Crippen LogP contribution in [0.15, 0.2) is 36.4 Å². The maximum absolute atomic E-state index is 13.1. The second kappa shape index (κ2) is 10.1. The summed E-state index contributed by atoms with van der Waals surface area (Å²) in [5.74, 6) is 0.830. The first-order valence-electron chi connectivity index (χ1n) is 11.3. The highest BCUT2D eigenvalue weighted by Crippen LogP contribution is 2.34. The van der Waals surface area contributed by atoms with Gasteiger partial charge in [0.15, 0.2) is 0 Å². The summed E-state index contributed by atoms with van der Waals surface area (Å²) in [7, 11) is 1.57. The number of carbonyl (C=O) groups is 1. The van der Waals surface area contributed by atoms with E-state index >= 15 is 0 Å². The molecule has 0 atom stereocenters. The summed E-state index contributed by atoms with van der Waals surface area (Å²) in [6, 6.07) is 10.2. The molecule has 2 aromatic rings. The normalized spacial score (nSPS) is 17.0.